The van der Waals surface area contributed by atoms with Crippen LogP contribution in [-0.2, 0) is 26.3 Å². The maximum Gasteiger partial charge on any atom is 0.304 e. The minimum Gasteiger partial charge on any atom is -0.352 e. The Morgan fingerprint density at radius 1 is 0.974 bits per heavy atom. The molecule has 38 heavy (non-hydrogen) atoms. The zero-order chi connectivity index (χ0) is 28.8. The number of hydrogen-bond donors (Lipinski definition) is 1. The first-order valence-corrected chi connectivity index (χ1v) is 14.7. The van der Waals surface area contributed by atoms with E-state index >= 15 is 0 Å². The molecule has 0 saturated carbocycles. The van der Waals surface area contributed by atoms with Gasteiger partial charge in [0.2, 0.25) is 11.8 Å². The summed E-state index contributed by atoms with van der Waals surface area (Å²) in [7, 11) is -1.21. The fraction of sp³-hybridized carbons (Fsp3) is 0.481. The molecule has 11 heteroatoms. The smallest absolute Gasteiger partial charge is 0.304 e. The summed E-state index contributed by atoms with van der Waals surface area (Å²) >= 11 is 12.3. The SMILES string of the molecule is CC[C@H](C)NC(=O)[C@H](CC)N(Cc1ccc(Cl)c(Cl)c1)C(=O)CN(c1cc(C)ccc1C)S(=O)(=O)N(C)C. The van der Waals surface area contributed by atoms with Crippen molar-refractivity contribution in [2.24, 2.45) is 0 Å². The molecule has 2 aromatic carbocycles. The predicted molar refractivity (Wildman–Crippen MR) is 155 cm³/mol. The molecule has 0 heterocycles. The van der Waals surface area contributed by atoms with Gasteiger partial charge in [-0.25, -0.2) is 4.31 Å². The van der Waals surface area contributed by atoms with Crippen LogP contribution >= 0.6 is 23.2 Å². The third-order valence-corrected chi connectivity index (χ3v) is 8.92. The van der Waals surface area contributed by atoms with Crippen LogP contribution in [0.15, 0.2) is 36.4 Å². The number of nitrogens with one attached hydrogen (secondary N) is 1. The third kappa shape index (κ3) is 7.85. The van der Waals surface area contributed by atoms with Gasteiger partial charge in [0.25, 0.3) is 0 Å². The van der Waals surface area contributed by atoms with E-state index in [1.165, 1.54) is 19.0 Å². The molecule has 0 bridgehead atoms. The standard InChI is InChI=1S/C27H38Cl2N4O4S/c1-8-20(5)30-27(35)24(9-2)32(16-21-12-13-22(28)23(29)15-21)26(34)17-33(38(36,37)31(6)7)25-14-18(3)10-11-19(25)4/h10-15,20,24H,8-9,16-17H2,1-7H3,(H,30,35)/t20-,24-/m0/s1. The van der Waals surface area contributed by atoms with Crippen molar-refractivity contribution in [2.75, 3.05) is 24.9 Å². The van der Waals surface area contributed by atoms with E-state index in [9.17, 15) is 18.0 Å². The molecule has 2 atom stereocenters. The average molecular weight is 586 g/mol. The summed E-state index contributed by atoms with van der Waals surface area (Å²) < 4.78 is 29.0. The van der Waals surface area contributed by atoms with Crippen molar-refractivity contribution in [3.63, 3.8) is 0 Å². The minimum atomic E-state index is -4.04. The van der Waals surface area contributed by atoms with Crippen molar-refractivity contribution in [1.82, 2.24) is 14.5 Å². The number of carbonyl (C=O) groups excluding carboxylic acids is 2. The summed E-state index contributed by atoms with van der Waals surface area (Å²) in [5.41, 5.74) is 2.62. The van der Waals surface area contributed by atoms with Crippen molar-refractivity contribution >= 4 is 50.9 Å². The second-order valence-corrected chi connectivity index (χ2v) is 12.5. The molecule has 210 valence electrons. The Hall–Kier alpha value is -2.33. The van der Waals surface area contributed by atoms with Crippen LogP contribution in [-0.4, -0.2) is 62.2 Å². The van der Waals surface area contributed by atoms with Crippen LogP contribution in [0.4, 0.5) is 5.69 Å². The maximum absolute atomic E-state index is 14.0. The Balaban J connectivity index is 2.58. The van der Waals surface area contributed by atoms with Gasteiger partial charge in [0.15, 0.2) is 0 Å². The molecule has 0 aromatic heterocycles. The van der Waals surface area contributed by atoms with Gasteiger partial charge in [-0.15, -0.1) is 0 Å². The first-order valence-electron chi connectivity index (χ1n) is 12.5. The van der Waals surface area contributed by atoms with Crippen LogP contribution in [0.5, 0.6) is 0 Å². The number of benzene rings is 2. The maximum atomic E-state index is 14.0. The number of halogens is 2. The van der Waals surface area contributed by atoms with E-state index in [0.29, 0.717) is 33.3 Å². The van der Waals surface area contributed by atoms with E-state index in [1.54, 1.807) is 31.2 Å². The average Bonchev–Trinajstić information content (AvgIpc) is 2.85. The molecule has 0 radical (unpaired) electrons. The summed E-state index contributed by atoms with van der Waals surface area (Å²) in [5, 5.41) is 3.64. The topological polar surface area (TPSA) is 90.0 Å². The van der Waals surface area contributed by atoms with Crippen LogP contribution in [0.3, 0.4) is 0 Å². The first kappa shape index (κ1) is 31.9. The quantitative estimate of drug-likeness (QED) is 0.382. The molecule has 8 nitrogen and oxygen atoms in total. The molecule has 0 spiro atoms. The predicted octanol–water partition coefficient (Wildman–Crippen LogP) is 4.95. The zero-order valence-corrected chi connectivity index (χ0v) is 25.4. The first-order chi connectivity index (χ1) is 17.7. The molecule has 2 amide bonds. The highest BCUT2D eigenvalue weighted by molar-refractivity contribution is 7.90. The van der Waals surface area contributed by atoms with Crippen molar-refractivity contribution in [3.05, 3.63) is 63.1 Å². The fourth-order valence-corrected chi connectivity index (χ4v) is 5.32. The van der Waals surface area contributed by atoms with Crippen molar-refractivity contribution < 1.29 is 18.0 Å². The summed E-state index contributed by atoms with van der Waals surface area (Å²) in [4.78, 5) is 28.7. The van der Waals surface area contributed by atoms with Crippen LogP contribution in [0.25, 0.3) is 0 Å². The van der Waals surface area contributed by atoms with Crippen LogP contribution < -0.4 is 9.62 Å². The molecular weight excluding hydrogens is 547 g/mol. The number of rotatable bonds is 12. The molecule has 0 saturated heterocycles. The number of amides is 2. The Kier molecular flexibility index (Phi) is 11.4. The molecule has 2 aromatic rings. The molecular formula is C27H38Cl2N4O4S. The van der Waals surface area contributed by atoms with Gasteiger partial charge in [0, 0.05) is 26.7 Å². The van der Waals surface area contributed by atoms with Gasteiger partial charge in [-0.1, -0.05) is 55.2 Å². The monoisotopic (exact) mass is 584 g/mol. The van der Waals surface area contributed by atoms with Gasteiger partial charge in [0.1, 0.15) is 12.6 Å². The van der Waals surface area contributed by atoms with Gasteiger partial charge in [-0.2, -0.15) is 12.7 Å². The van der Waals surface area contributed by atoms with Gasteiger partial charge in [-0.3, -0.25) is 9.59 Å². The molecule has 0 fully saturated rings. The fourth-order valence-electron chi connectivity index (χ4n) is 3.89. The van der Waals surface area contributed by atoms with Crippen molar-refractivity contribution in [2.45, 2.75) is 66.1 Å². The van der Waals surface area contributed by atoms with Gasteiger partial charge in [-0.05, 0) is 68.5 Å². The summed E-state index contributed by atoms with van der Waals surface area (Å²) in [5.74, 6) is -0.822. The van der Waals surface area contributed by atoms with Crippen LogP contribution in [0.1, 0.15) is 50.3 Å². The summed E-state index contributed by atoms with van der Waals surface area (Å²) in [6, 6.07) is 9.52. The summed E-state index contributed by atoms with van der Waals surface area (Å²) in [6.07, 6.45) is 1.06. The molecule has 1 N–H and O–H groups in total. The summed E-state index contributed by atoms with van der Waals surface area (Å²) in [6.45, 7) is 8.87. The van der Waals surface area contributed by atoms with E-state index in [2.05, 4.69) is 5.32 Å². The number of hydrogen-bond acceptors (Lipinski definition) is 4. The van der Waals surface area contributed by atoms with Crippen molar-refractivity contribution in [3.8, 4) is 0 Å². The van der Waals surface area contributed by atoms with Crippen LogP contribution in [0.2, 0.25) is 10.0 Å². The van der Waals surface area contributed by atoms with Gasteiger partial charge >= 0.3 is 10.2 Å². The largest absolute Gasteiger partial charge is 0.352 e. The highest BCUT2D eigenvalue weighted by Crippen LogP contribution is 2.27. The number of nitrogens with zero attached hydrogens (tertiary/aromatic N) is 3. The molecule has 2 rings (SSSR count). The Labute approximate surface area is 237 Å². The molecule has 0 aliphatic rings. The third-order valence-electron chi connectivity index (χ3n) is 6.38. The van der Waals surface area contributed by atoms with E-state index in [4.69, 9.17) is 23.2 Å². The van der Waals surface area contributed by atoms with E-state index in [-0.39, 0.29) is 18.5 Å². The lowest BCUT2D eigenvalue weighted by molar-refractivity contribution is -0.140. The highest BCUT2D eigenvalue weighted by Gasteiger charge is 2.34. The van der Waals surface area contributed by atoms with E-state index in [0.717, 1.165) is 20.6 Å². The van der Waals surface area contributed by atoms with Gasteiger partial charge in [0.05, 0.1) is 15.7 Å². The van der Waals surface area contributed by atoms with Crippen molar-refractivity contribution in [1.29, 1.82) is 0 Å². The minimum absolute atomic E-state index is 0.0464. The molecule has 0 aliphatic heterocycles. The van der Waals surface area contributed by atoms with Crippen LogP contribution in [0, 0.1) is 13.8 Å². The number of aryl methyl sites for hydroxylation is 2. The second kappa shape index (κ2) is 13.6. The Morgan fingerprint density at radius 3 is 2.18 bits per heavy atom. The number of anilines is 1. The highest BCUT2D eigenvalue weighted by atomic mass is 35.5. The Morgan fingerprint density at radius 2 is 1.63 bits per heavy atom. The molecule has 0 aliphatic carbocycles. The second-order valence-electron chi connectivity index (χ2n) is 9.60. The lowest BCUT2D eigenvalue weighted by atomic mass is 10.1. The molecule has 0 unspecified atom stereocenters. The lowest BCUT2D eigenvalue weighted by Gasteiger charge is -2.34. The van der Waals surface area contributed by atoms with Gasteiger partial charge < -0.3 is 10.2 Å². The zero-order valence-electron chi connectivity index (χ0n) is 23.1. The lowest BCUT2D eigenvalue weighted by Crippen LogP contribution is -2.54. The van der Waals surface area contributed by atoms with E-state index in [1.807, 2.05) is 39.8 Å². The Bertz CT molecular complexity index is 1250. The van der Waals surface area contributed by atoms with E-state index < -0.39 is 28.7 Å². The number of carbonyl (C=O) groups is 2. The normalized spacial score (nSPS) is 13.2.